The number of amides is 1. The van der Waals surface area contributed by atoms with Crippen LogP contribution < -0.4 is 15.0 Å². The Kier molecular flexibility index (Phi) is 7.11. The van der Waals surface area contributed by atoms with Gasteiger partial charge >= 0.3 is 0 Å². The average Bonchev–Trinajstić information content (AvgIpc) is 3.72. The minimum Gasteiger partial charge on any atom is -0.492 e. The van der Waals surface area contributed by atoms with Crippen molar-refractivity contribution in [3.8, 4) is 17.0 Å². The van der Waals surface area contributed by atoms with Gasteiger partial charge < -0.3 is 19.7 Å². The monoisotopic (exact) mass is 493 g/mol. The molecule has 9 heteroatoms. The summed E-state index contributed by atoms with van der Waals surface area (Å²) in [7, 11) is 0. The van der Waals surface area contributed by atoms with Crippen molar-refractivity contribution in [1.82, 2.24) is 20.5 Å². The first-order valence-electron chi connectivity index (χ1n) is 11.9. The third-order valence-corrected chi connectivity index (χ3v) is 6.56. The van der Waals surface area contributed by atoms with E-state index in [0.717, 1.165) is 23.5 Å². The van der Waals surface area contributed by atoms with Gasteiger partial charge in [-0.25, -0.2) is 4.98 Å². The Labute approximate surface area is 209 Å². The smallest absolute Gasteiger partial charge is 0.253 e. The molecule has 2 fully saturated rings. The zero-order valence-electron chi connectivity index (χ0n) is 19.6. The summed E-state index contributed by atoms with van der Waals surface area (Å²) >= 11 is 6.42. The summed E-state index contributed by atoms with van der Waals surface area (Å²) in [6.45, 7) is 5.24. The number of ether oxygens (including phenoxy) is 2. The summed E-state index contributed by atoms with van der Waals surface area (Å²) < 4.78 is 11.3. The van der Waals surface area contributed by atoms with E-state index in [1.807, 2.05) is 24.3 Å². The molecule has 0 spiro atoms. The highest BCUT2D eigenvalue weighted by Gasteiger charge is 2.23. The Balaban J connectivity index is 1.26. The lowest BCUT2D eigenvalue weighted by atomic mass is 10.1. The van der Waals surface area contributed by atoms with Gasteiger partial charge in [-0.2, -0.15) is 10.2 Å². The number of anilines is 1. The molecule has 182 valence electrons. The van der Waals surface area contributed by atoms with E-state index in [1.165, 1.54) is 19.0 Å². The van der Waals surface area contributed by atoms with E-state index in [4.69, 9.17) is 21.1 Å². The minimum atomic E-state index is -0.235. The van der Waals surface area contributed by atoms with E-state index < -0.39 is 0 Å². The topological polar surface area (TPSA) is 89.5 Å². The summed E-state index contributed by atoms with van der Waals surface area (Å²) in [5.74, 6) is 1.94. The van der Waals surface area contributed by atoms with Crippen LogP contribution in [0.5, 0.6) is 5.75 Å². The number of benzene rings is 1. The third kappa shape index (κ3) is 5.71. The molecule has 3 aromatic rings. The van der Waals surface area contributed by atoms with E-state index in [-0.39, 0.29) is 11.9 Å². The van der Waals surface area contributed by atoms with Crippen molar-refractivity contribution in [3.05, 3.63) is 64.9 Å². The molecule has 2 aromatic heterocycles. The second kappa shape index (κ2) is 10.6. The molecule has 8 nitrogen and oxygen atoms in total. The summed E-state index contributed by atoms with van der Waals surface area (Å²) in [6, 6.07) is 11.3. The minimum absolute atomic E-state index is 0.220. The number of hydrogen-bond acceptors (Lipinski definition) is 7. The normalized spacial score (nSPS) is 17.8. The van der Waals surface area contributed by atoms with Crippen LogP contribution in [0.4, 0.5) is 5.82 Å². The lowest BCUT2D eigenvalue weighted by molar-refractivity contribution is 0.0948. The van der Waals surface area contributed by atoms with Crippen molar-refractivity contribution < 1.29 is 14.3 Å². The molecule has 3 heterocycles. The van der Waals surface area contributed by atoms with Crippen LogP contribution in [0, 0.1) is 5.92 Å². The maximum absolute atomic E-state index is 13.0. The molecule has 0 bridgehead atoms. The lowest BCUT2D eigenvalue weighted by Crippen LogP contribution is -2.44. The van der Waals surface area contributed by atoms with Gasteiger partial charge in [-0.1, -0.05) is 17.7 Å². The first-order chi connectivity index (χ1) is 17.1. The molecular formula is C26H28ClN5O3. The van der Waals surface area contributed by atoms with Crippen molar-refractivity contribution in [2.75, 3.05) is 31.3 Å². The quantitative estimate of drug-likeness (QED) is 0.504. The Morgan fingerprint density at radius 2 is 2.17 bits per heavy atom. The Hall–Kier alpha value is -3.23. The van der Waals surface area contributed by atoms with Gasteiger partial charge in [0.15, 0.2) is 0 Å². The fourth-order valence-corrected chi connectivity index (χ4v) is 4.28. The zero-order valence-corrected chi connectivity index (χ0v) is 20.4. The number of nitrogens with zero attached hydrogens (tertiary/aromatic N) is 4. The molecule has 1 atom stereocenters. The highest BCUT2D eigenvalue weighted by molar-refractivity contribution is 6.32. The van der Waals surface area contributed by atoms with E-state index in [2.05, 4.69) is 32.3 Å². The number of halogens is 1. The van der Waals surface area contributed by atoms with Crippen LogP contribution in [0.25, 0.3) is 11.3 Å². The summed E-state index contributed by atoms with van der Waals surface area (Å²) in [4.78, 5) is 19.7. The number of nitrogens with one attached hydrogen (secondary N) is 1. The van der Waals surface area contributed by atoms with E-state index in [9.17, 15) is 4.79 Å². The molecule has 1 N–H and O–H groups in total. The maximum atomic E-state index is 13.0. The van der Waals surface area contributed by atoms with Gasteiger partial charge in [-0.15, -0.1) is 0 Å². The van der Waals surface area contributed by atoms with E-state index >= 15 is 0 Å². The molecule has 1 amide bonds. The van der Waals surface area contributed by atoms with Gasteiger partial charge in [0.2, 0.25) is 0 Å². The number of morpholine rings is 1. The van der Waals surface area contributed by atoms with E-state index in [0.29, 0.717) is 54.3 Å². The fraction of sp³-hybridized carbons (Fsp3) is 0.385. The summed E-state index contributed by atoms with van der Waals surface area (Å²) in [6.07, 6.45) is 5.67. The molecule has 35 heavy (non-hydrogen) atoms. The third-order valence-electron chi connectivity index (χ3n) is 6.26. The van der Waals surface area contributed by atoms with Crippen molar-refractivity contribution in [3.63, 3.8) is 0 Å². The standard InChI is InChI=1S/C26H28ClN5O3/c1-17-15-34-10-9-32(17)25-20(3-2-8-28-25)13-29-26(33)21-12-23(31-30-14-21)19-6-7-24(22(27)11-19)35-16-18-4-5-18/h2-3,6-8,11-12,14,17-18H,4-5,9-10,13,15-16H2,1H3,(H,29,33). The van der Waals surface area contributed by atoms with Crippen LogP contribution in [0.3, 0.4) is 0 Å². The summed E-state index contributed by atoms with van der Waals surface area (Å²) in [5, 5.41) is 11.7. The zero-order chi connectivity index (χ0) is 24.2. The van der Waals surface area contributed by atoms with Gasteiger partial charge in [0.05, 0.1) is 48.3 Å². The molecule has 1 aliphatic carbocycles. The maximum Gasteiger partial charge on any atom is 0.253 e. The number of aromatic nitrogens is 3. The van der Waals surface area contributed by atoms with Crippen LogP contribution in [-0.4, -0.2) is 53.5 Å². The largest absolute Gasteiger partial charge is 0.492 e. The SMILES string of the molecule is CC1COCCN1c1ncccc1CNC(=O)c1cnnc(-c2ccc(OCC3CC3)c(Cl)c2)c1. The average molecular weight is 494 g/mol. The van der Waals surface area contributed by atoms with Crippen LogP contribution in [0.2, 0.25) is 5.02 Å². The molecule has 1 saturated heterocycles. The van der Waals surface area contributed by atoms with Crippen molar-refractivity contribution in [2.45, 2.75) is 32.4 Å². The molecule has 2 aliphatic rings. The predicted octanol–water partition coefficient (Wildman–Crippen LogP) is 4.14. The Morgan fingerprint density at radius 1 is 1.29 bits per heavy atom. The highest BCUT2D eigenvalue weighted by Crippen LogP contribution is 2.33. The van der Waals surface area contributed by atoms with Gasteiger partial charge in [0.1, 0.15) is 11.6 Å². The van der Waals surface area contributed by atoms with Gasteiger partial charge in [-0.05, 0) is 56.0 Å². The first-order valence-corrected chi connectivity index (χ1v) is 12.3. The molecule has 1 saturated carbocycles. The van der Waals surface area contributed by atoms with Crippen LogP contribution >= 0.6 is 11.6 Å². The lowest BCUT2D eigenvalue weighted by Gasteiger charge is -2.35. The molecule has 0 radical (unpaired) electrons. The second-order valence-corrected chi connectivity index (χ2v) is 9.42. The molecule has 1 aromatic carbocycles. The van der Waals surface area contributed by atoms with Gasteiger partial charge in [0, 0.05) is 30.4 Å². The fourth-order valence-electron chi connectivity index (χ4n) is 4.05. The first kappa shape index (κ1) is 23.5. The molecule has 1 unspecified atom stereocenters. The predicted molar refractivity (Wildman–Crippen MR) is 134 cm³/mol. The number of rotatable bonds is 8. The Bertz CT molecular complexity index is 1200. The number of hydrogen-bond donors (Lipinski definition) is 1. The van der Waals surface area contributed by atoms with Gasteiger partial charge in [-0.3, -0.25) is 4.79 Å². The molecular weight excluding hydrogens is 466 g/mol. The van der Waals surface area contributed by atoms with Crippen molar-refractivity contribution in [1.29, 1.82) is 0 Å². The Morgan fingerprint density at radius 3 is 2.97 bits per heavy atom. The highest BCUT2D eigenvalue weighted by atomic mass is 35.5. The van der Waals surface area contributed by atoms with Crippen molar-refractivity contribution in [2.24, 2.45) is 5.92 Å². The van der Waals surface area contributed by atoms with Crippen LogP contribution in [-0.2, 0) is 11.3 Å². The van der Waals surface area contributed by atoms with Crippen LogP contribution in [0.1, 0.15) is 35.7 Å². The number of carbonyl (C=O) groups excluding carboxylic acids is 1. The number of pyridine rings is 1. The molecule has 1 aliphatic heterocycles. The summed E-state index contributed by atoms with van der Waals surface area (Å²) in [5.41, 5.74) is 2.71. The number of carbonyl (C=O) groups is 1. The van der Waals surface area contributed by atoms with Crippen LogP contribution in [0.15, 0.2) is 48.8 Å². The molecule has 5 rings (SSSR count). The van der Waals surface area contributed by atoms with Gasteiger partial charge in [0.25, 0.3) is 5.91 Å². The van der Waals surface area contributed by atoms with Crippen molar-refractivity contribution >= 4 is 23.3 Å². The second-order valence-electron chi connectivity index (χ2n) is 9.02. The van der Waals surface area contributed by atoms with E-state index in [1.54, 1.807) is 18.3 Å².